The molecule has 0 atom stereocenters. The molecule has 2 rings (SSSR count). The van der Waals surface area contributed by atoms with E-state index in [0.29, 0.717) is 16.8 Å². The van der Waals surface area contributed by atoms with Crippen LogP contribution in [0, 0.1) is 0 Å². The fourth-order valence-electron chi connectivity index (χ4n) is 0.877. The first-order valence-corrected chi connectivity index (χ1v) is 3.21. The van der Waals surface area contributed by atoms with Crippen LogP contribution in [0.2, 0.25) is 0 Å². The lowest BCUT2D eigenvalue weighted by molar-refractivity contribution is 1.12. The zero-order valence-corrected chi connectivity index (χ0v) is 6.07. The Kier molecular flexibility index (Phi) is 1.46. The highest BCUT2D eigenvalue weighted by atomic mass is 15.2. The number of nitrogens with zero attached hydrogens (tertiary/aromatic N) is 3. The number of nitrogens with one attached hydrogen (secondary N) is 1. The first-order chi connectivity index (χ1) is 5.68. The van der Waals surface area contributed by atoms with Crippen molar-refractivity contribution in [1.29, 1.82) is 0 Å². The number of hydrogen-bond donors (Lipinski definition) is 1. The van der Waals surface area contributed by atoms with E-state index in [2.05, 4.69) is 20.2 Å². The standard InChI is InChI=1S/C5HB3N4/c6-2-1-5(12-11-2)10-4(8)3(7)9-1/h(H,10,11,12). The maximum atomic E-state index is 5.48. The highest BCUT2D eigenvalue weighted by Crippen LogP contribution is 1.94. The molecule has 12 heavy (non-hydrogen) atoms. The van der Waals surface area contributed by atoms with Gasteiger partial charge in [-0.2, -0.15) is 5.10 Å². The minimum absolute atomic E-state index is 0.161. The fourth-order valence-corrected chi connectivity index (χ4v) is 0.877. The second-order valence-electron chi connectivity index (χ2n) is 2.30. The fraction of sp³-hybridized carbons (Fsp3) is 0. The van der Waals surface area contributed by atoms with Crippen LogP contribution in [0.25, 0.3) is 11.2 Å². The molecule has 0 aliphatic rings. The summed E-state index contributed by atoms with van der Waals surface area (Å²) in [4.78, 5) is 7.77. The monoisotopic (exact) mass is 150 g/mol. The first kappa shape index (κ1) is 7.40. The molecule has 2 aromatic rings. The minimum Gasteiger partial charge on any atom is -0.289 e. The SMILES string of the molecule is [B]c1nc2n[nH]c([B])c2nc1[B]. The van der Waals surface area contributed by atoms with Crippen LogP contribution in [0.1, 0.15) is 0 Å². The Labute approximate surface area is 72.4 Å². The van der Waals surface area contributed by atoms with Crippen molar-refractivity contribution in [3.05, 3.63) is 0 Å². The maximum absolute atomic E-state index is 5.48. The van der Waals surface area contributed by atoms with Gasteiger partial charge in [0.2, 0.25) is 0 Å². The lowest BCUT2D eigenvalue weighted by Crippen LogP contribution is -2.32. The summed E-state index contributed by atoms with van der Waals surface area (Å²) in [5.74, 6) is 0. The van der Waals surface area contributed by atoms with Gasteiger partial charge in [-0.3, -0.25) is 10.1 Å². The van der Waals surface area contributed by atoms with E-state index in [1.54, 1.807) is 0 Å². The largest absolute Gasteiger partial charge is 0.289 e. The lowest BCUT2D eigenvalue weighted by atomic mass is 9.90. The van der Waals surface area contributed by atoms with Crippen LogP contribution in [0.3, 0.4) is 0 Å². The third-order valence-corrected chi connectivity index (χ3v) is 1.47. The van der Waals surface area contributed by atoms with E-state index in [9.17, 15) is 0 Å². The highest BCUT2D eigenvalue weighted by Gasteiger charge is 2.04. The van der Waals surface area contributed by atoms with E-state index in [4.69, 9.17) is 23.5 Å². The van der Waals surface area contributed by atoms with Crippen molar-refractivity contribution in [3.8, 4) is 0 Å². The second kappa shape index (κ2) is 2.37. The Bertz CT molecular complexity index is 437. The predicted octanol–water partition coefficient (Wildman–Crippen LogP) is -3.27. The van der Waals surface area contributed by atoms with Crippen molar-refractivity contribution < 1.29 is 0 Å². The third kappa shape index (κ3) is 0.930. The highest BCUT2D eigenvalue weighted by molar-refractivity contribution is 6.47. The van der Waals surface area contributed by atoms with Crippen LogP contribution in [0.15, 0.2) is 0 Å². The van der Waals surface area contributed by atoms with Crippen LogP contribution in [0.5, 0.6) is 0 Å². The first-order valence-electron chi connectivity index (χ1n) is 3.21. The maximum Gasteiger partial charge on any atom is 0.198 e. The van der Waals surface area contributed by atoms with Crippen LogP contribution in [-0.2, 0) is 0 Å². The molecular weight excluding hydrogens is 149 g/mol. The molecule has 0 spiro atoms. The molecule has 0 unspecified atom stereocenters. The van der Waals surface area contributed by atoms with Crippen LogP contribution < -0.4 is 16.8 Å². The van der Waals surface area contributed by atoms with Gasteiger partial charge in [-0.15, -0.1) is 0 Å². The van der Waals surface area contributed by atoms with Gasteiger partial charge in [-0.25, -0.2) is 4.98 Å². The van der Waals surface area contributed by atoms with Crippen molar-refractivity contribution in [2.75, 3.05) is 0 Å². The molecule has 0 aliphatic carbocycles. The number of fused-ring (bicyclic) bond motifs is 1. The Morgan fingerprint density at radius 3 is 2.42 bits per heavy atom. The number of hydrogen-bond acceptors (Lipinski definition) is 3. The smallest absolute Gasteiger partial charge is 0.198 e. The average molecular weight is 150 g/mol. The van der Waals surface area contributed by atoms with Gasteiger partial charge in [-0.05, 0) is 5.59 Å². The molecule has 2 heterocycles. The van der Waals surface area contributed by atoms with Gasteiger partial charge in [0.25, 0.3) is 0 Å². The second-order valence-corrected chi connectivity index (χ2v) is 2.30. The molecule has 7 heteroatoms. The number of rotatable bonds is 0. The molecule has 6 radical (unpaired) electrons. The minimum atomic E-state index is 0.161. The van der Waals surface area contributed by atoms with Crippen molar-refractivity contribution in [1.82, 2.24) is 20.2 Å². The van der Waals surface area contributed by atoms with E-state index in [0.717, 1.165) is 0 Å². The zero-order valence-electron chi connectivity index (χ0n) is 6.07. The van der Waals surface area contributed by atoms with E-state index in [1.807, 2.05) is 0 Å². The lowest BCUT2D eigenvalue weighted by Gasteiger charge is -1.97. The normalized spacial score (nSPS) is 10.7. The summed E-state index contributed by atoms with van der Waals surface area (Å²) in [7, 11) is 16.3. The molecule has 0 aliphatic heterocycles. The summed E-state index contributed by atoms with van der Waals surface area (Å²) in [5, 5.41) is 6.28. The van der Waals surface area contributed by atoms with Crippen molar-refractivity contribution in [2.24, 2.45) is 0 Å². The molecule has 1 N–H and O–H groups in total. The predicted molar refractivity (Wildman–Crippen MR) is 47.8 cm³/mol. The van der Waals surface area contributed by atoms with Crippen LogP contribution in [-0.4, -0.2) is 43.7 Å². The Morgan fingerprint density at radius 1 is 1.00 bits per heavy atom. The molecule has 0 aromatic carbocycles. The Balaban J connectivity index is 2.87. The third-order valence-electron chi connectivity index (χ3n) is 1.47. The number of aromatic amines is 1. The van der Waals surface area contributed by atoms with Gasteiger partial charge >= 0.3 is 0 Å². The molecule has 4 nitrogen and oxygen atoms in total. The Hall–Kier alpha value is -1.26. The van der Waals surface area contributed by atoms with E-state index >= 15 is 0 Å². The summed E-state index contributed by atoms with van der Waals surface area (Å²) in [6.45, 7) is 0. The quantitative estimate of drug-likeness (QED) is 0.400. The molecule has 0 amide bonds. The zero-order chi connectivity index (χ0) is 8.72. The van der Waals surface area contributed by atoms with Gasteiger partial charge < -0.3 is 0 Å². The molecule has 0 saturated heterocycles. The van der Waals surface area contributed by atoms with E-state index in [-0.39, 0.29) is 11.2 Å². The summed E-state index contributed by atoms with van der Waals surface area (Å²) in [6, 6.07) is 0. The average Bonchev–Trinajstić information content (AvgIpc) is 2.35. The van der Waals surface area contributed by atoms with E-state index < -0.39 is 0 Å². The van der Waals surface area contributed by atoms with Crippen molar-refractivity contribution >= 4 is 51.5 Å². The van der Waals surface area contributed by atoms with Gasteiger partial charge in [0, 0.05) is 11.2 Å². The van der Waals surface area contributed by atoms with Gasteiger partial charge in [0.1, 0.15) is 29.1 Å². The molecule has 2 aromatic heterocycles. The van der Waals surface area contributed by atoms with Gasteiger partial charge in [0.15, 0.2) is 5.65 Å². The summed E-state index contributed by atoms with van der Waals surface area (Å²) < 4.78 is 0. The van der Waals surface area contributed by atoms with Crippen LogP contribution in [0.4, 0.5) is 0 Å². The Morgan fingerprint density at radius 2 is 1.67 bits per heavy atom. The summed E-state index contributed by atoms with van der Waals surface area (Å²) in [5.41, 5.74) is 1.48. The van der Waals surface area contributed by atoms with E-state index in [1.165, 1.54) is 0 Å². The van der Waals surface area contributed by atoms with Gasteiger partial charge in [0.05, 0.1) is 0 Å². The summed E-state index contributed by atoms with van der Waals surface area (Å²) in [6.07, 6.45) is 0. The summed E-state index contributed by atoms with van der Waals surface area (Å²) >= 11 is 0. The molecule has 0 saturated carbocycles. The topological polar surface area (TPSA) is 54.5 Å². The number of aromatic nitrogens is 4. The van der Waals surface area contributed by atoms with Gasteiger partial charge in [-0.1, -0.05) is 0 Å². The molecule has 0 fully saturated rings. The molecule has 50 valence electrons. The molecule has 0 bridgehead atoms. The van der Waals surface area contributed by atoms with Crippen molar-refractivity contribution in [2.45, 2.75) is 0 Å². The van der Waals surface area contributed by atoms with Crippen LogP contribution >= 0.6 is 0 Å². The molecular formula is C5HB3N4. The van der Waals surface area contributed by atoms with Crippen molar-refractivity contribution in [3.63, 3.8) is 0 Å². The number of H-pyrrole nitrogens is 1.